The molecule has 0 aliphatic rings. The van der Waals surface area contributed by atoms with Crippen LogP contribution in [0.25, 0.3) is 11.2 Å². The summed E-state index contributed by atoms with van der Waals surface area (Å²) in [5.41, 5.74) is 2.15. The molecule has 11 nitrogen and oxygen atoms in total. The van der Waals surface area contributed by atoms with Crippen LogP contribution < -0.4 is 16.7 Å². The van der Waals surface area contributed by atoms with E-state index in [9.17, 15) is 19.8 Å². The fourth-order valence-corrected chi connectivity index (χ4v) is 3.23. The maximum atomic E-state index is 12.5. The minimum Gasteiger partial charge on any atom is -0.507 e. The quantitative estimate of drug-likeness (QED) is 0.271. The number of phenols is 1. The van der Waals surface area contributed by atoms with E-state index in [2.05, 4.69) is 36.4 Å². The van der Waals surface area contributed by atoms with Crippen molar-refractivity contribution in [2.24, 2.45) is 12.1 Å². The highest BCUT2D eigenvalue weighted by molar-refractivity contribution is 9.10. The normalized spacial score (nSPS) is 12.8. The van der Waals surface area contributed by atoms with Crippen LogP contribution in [0, 0.1) is 0 Å². The number of aliphatic hydroxyl groups excluding tert-OH is 1. The van der Waals surface area contributed by atoms with Gasteiger partial charge in [0, 0.05) is 17.1 Å². The van der Waals surface area contributed by atoms with E-state index in [0.29, 0.717) is 5.56 Å². The van der Waals surface area contributed by atoms with E-state index >= 15 is 0 Å². The molecule has 2 aromatic heterocycles. The third-order valence-corrected chi connectivity index (χ3v) is 4.87. The Labute approximate surface area is 185 Å². The number of aliphatic hydroxyl groups is 1. The van der Waals surface area contributed by atoms with Gasteiger partial charge in [0.25, 0.3) is 5.56 Å². The molecule has 0 saturated carbocycles. The van der Waals surface area contributed by atoms with Gasteiger partial charge in [0.1, 0.15) is 5.75 Å². The van der Waals surface area contributed by atoms with Crippen LogP contribution in [-0.2, 0) is 18.3 Å². The zero-order chi connectivity index (χ0) is 22.7. The number of hydrogen-bond donors (Lipinski definition) is 4. The molecule has 0 bridgehead atoms. The molecule has 0 aliphatic heterocycles. The Morgan fingerprint density at radius 2 is 2.13 bits per heavy atom. The van der Waals surface area contributed by atoms with Crippen LogP contribution in [0.5, 0.6) is 5.75 Å². The Balaban J connectivity index is 1.99. The van der Waals surface area contributed by atoms with Crippen molar-refractivity contribution in [3.8, 4) is 5.75 Å². The standard InChI is InChI=1S/C19H23BrN6O5/c1-10(2)31-9-13(27)8-26-15-16(25(3)19(30)23-17(15)29)22-18(26)24-21-7-11-6-12(20)4-5-14(11)28/h4-7,10,13,27-28H,8-9H2,1-3H3,(H,22,24)(H,23,29,30)/b21-7+. The number of aromatic nitrogens is 4. The third kappa shape index (κ3) is 5.21. The number of phenolic OH excluding ortho intramolecular Hbond substituents is 1. The highest BCUT2D eigenvalue weighted by atomic mass is 79.9. The molecule has 0 aliphatic carbocycles. The van der Waals surface area contributed by atoms with E-state index in [1.165, 1.54) is 28.5 Å². The van der Waals surface area contributed by atoms with Crippen molar-refractivity contribution >= 4 is 39.3 Å². The van der Waals surface area contributed by atoms with Crippen molar-refractivity contribution in [2.45, 2.75) is 32.6 Å². The first-order chi connectivity index (χ1) is 14.7. The van der Waals surface area contributed by atoms with Gasteiger partial charge in [-0.25, -0.2) is 10.2 Å². The van der Waals surface area contributed by atoms with Crippen LogP contribution in [0.1, 0.15) is 19.4 Å². The fourth-order valence-electron chi connectivity index (χ4n) is 2.85. The number of H-pyrrole nitrogens is 1. The highest BCUT2D eigenvalue weighted by Gasteiger charge is 2.19. The fraction of sp³-hybridized carbons (Fsp3) is 0.368. The van der Waals surface area contributed by atoms with E-state index in [0.717, 1.165) is 4.47 Å². The number of benzene rings is 1. The Hall–Kier alpha value is -2.96. The zero-order valence-corrected chi connectivity index (χ0v) is 18.8. The van der Waals surface area contributed by atoms with Gasteiger partial charge in [-0.05, 0) is 32.0 Å². The molecular weight excluding hydrogens is 472 g/mol. The largest absolute Gasteiger partial charge is 0.507 e. The Kier molecular flexibility index (Phi) is 6.93. The van der Waals surface area contributed by atoms with Crippen molar-refractivity contribution in [3.63, 3.8) is 0 Å². The van der Waals surface area contributed by atoms with Crippen molar-refractivity contribution in [1.82, 2.24) is 19.1 Å². The summed E-state index contributed by atoms with van der Waals surface area (Å²) in [7, 11) is 1.48. The highest BCUT2D eigenvalue weighted by Crippen LogP contribution is 2.20. The summed E-state index contributed by atoms with van der Waals surface area (Å²) in [6.45, 7) is 3.72. The number of nitrogens with one attached hydrogen (secondary N) is 2. The average Bonchev–Trinajstić information content (AvgIpc) is 3.06. The SMILES string of the molecule is CC(C)OCC(O)Cn1c(N/N=C/c2cc(Br)ccc2O)nc2c1c(=O)[nH]c(=O)n2C. The minimum absolute atomic E-state index is 0.0233. The summed E-state index contributed by atoms with van der Waals surface area (Å²) in [5.74, 6) is 0.165. The van der Waals surface area contributed by atoms with Crippen LogP contribution in [0.4, 0.5) is 5.95 Å². The second kappa shape index (κ2) is 9.45. The first kappa shape index (κ1) is 22.7. The molecule has 1 atom stereocenters. The monoisotopic (exact) mass is 494 g/mol. The molecule has 2 heterocycles. The first-order valence-electron chi connectivity index (χ1n) is 9.44. The van der Waals surface area contributed by atoms with Crippen LogP contribution in [0.3, 0.4) is 0 Å². The number of aryl methyl sites for hydroxylation is 1. The second-order valence-corrected chi connectivity index (χ2v) is 8.06. The van der Waals surface area contributed by atoms with Crippen LogP contribution >= 0.6 is 15.9 Å². The molecule has 31 heavy (non-hydrogen) atoms. The number of fused-ring (bicyclic) bond motifs is 1. The van der Waals surface area contributed by atoms with Crippen molar-refractivity contribution < 1.29 is 14.9 Å². The molecule has 166 valence electrons. The molecule has 4 N–H and O–H groups in total. The average molecular weight is 495 g/mol. The number of hydrogen-bond acceptors (Lipinski definition) is 8. The third-order valence-electron chi connectivity index (χ3n) is 4.38. The van der Waals surface area contributed by atoms with Gasteiger partial charge >= 0.3 is 5.69 Å². The molecule has 0 spiro atoms. The number of aromatic amines is 1. The maximum Gasteiger partial charge on any atom is 0.329 e. The summed E-state index contributed by atoms with van der Waals surface area (Å²) in [6, 6.07) is 4.87. The van der Waals surface area contributed by atoms with Crippen LogP contribution in [-0.4, -0.2) is 54.3 Å². The van der Waals surface area contributed by atoms with Gasteiger partial charge in [-0.1, -0.05) is 15.9 Å². The Morgan fingerprint density at radius 1 is 1.39 bits per heavy atom. The van der Waals surface area contributed by atoms with Gasteiger partial charge in [0.2, 0.25) is 5.95 Å². The predicted molar refractivity (Wildman–Crippen MR) is 120 cm³/mol. The number of hydrazone groups is 1. The molecule has 3 rings (SSSR count). The van der Waals surface area contributed by atoms with E-state index in [4.69, 9.17) is 4.74 Å². The van der Waals surface area contributed by atoms with Gasteiger partial charge < -0.3 is 19.5 Å². The Morgan fingerprint density at radius 3 is 2.84 bits per heavy atom. The molecule has 0 fully saturated rings. The van der Waals surface area contributed by atoms with Gasteiger partial charge in [0.15, 0.2) is 11.2 Å². The molecule has 0 amide bonds. The molecule has 1 aromatic carbocycles. The smallest absolute Gasteiger partial charge is 0.329 e. The van der Waals surface area contributed by atoms with Gasteiger partial charge in [0.05, 0.1) is 31.6 Å². The second-order valence-electron chi connectivity index (χ2n) is 7.15. The predicted octanol–water partition coefficient (Wildman–Crippen LogP) is 1.12. The van der Waals surface area contributed by atoms with Crippen molar-refractivity contribution in [2.75, 3.05) is 12.0 Å². The van der Waals surface area contributed by atoms with E-state index < -0.39 is 17.4 Å². The Bertz CT molecular complexity index is 1230. The minimum atomic E-state index is -0.935. The first-order valence-corrected chi connectivity index (χ1v) is 10.2. The molecule has 1 unspecified atom stereocenters. The summed E-state index contributed by atoms with van der Waals surface area (Å²) in [6.07, 6.45) is 0.374. The zero-order valence-electron chi connectivity index (χ0n) is 17.2. The van der Waals surface area contributed by atoms with Crippen molar-refractivity contribution in [1.29, 1.82) is 0 Å². The lowest BCUT2D eigenvalue weighted by atomic mass is 10.2. The molecule has 0 radical (unpaired) electrons. The number of imidazole rings is 1. The van der Waals surface area contributed by atoms with Crippen LogP contribution in [0.15, 0.2) is 37.4 Å². The number of ether oxygens (including phenoxy) is 1. The van der Waals surface area contributed by atoms with Crippen molar-refractivity contribution in [3.05, 3.63) is 49.1 Å². The van der Waals surface area contributed by atoms with E-state index in [1.807, 2.05) is 13.8 Å². The summed E-state index contributed by atoms with van der Waals surface area (Å²) in [4.78, 5) is 31.0. The summed E-state index contributed by atoms with van der Waals surface area (Å²) >= 11 is 3.32. The topological polar surface area (TPSA) is 147 Å². The van der Waals surface area contributed by atoms with Gasteiger partial charge in [-0.2, -0.15) is 10.1 Å². The molecular formula is C19H23BrN6O5. The van der Waals surface area contributed by atoms with Crippen LogP contribution in [0.2, 0.25) is 0 Å². The number of aromatic hydroxyl groups is 1. The lowest BCUT2D eigenvalue weighted by molar-refractivity contribution is -0.000105. The van der Waals surface area contributed by atoms with Gasteiger partial charge in [-0.3, -0.25) is 14.3 Å². The van der Waals surface area contributed by atoms with Gasteiger partial charge in [-0.15, -0.1) is 0 Å². The number of halogens is 1. The molecule has 0 saturated heterocycles. The number of rotatable bonds is 8. The lowest BCUT2D eigenvalue weighted by Gasteiger charge is -2.15. The number of anilines is 1. The summed E-state index contributed by atoms with van der Waals surface area (Å²) in [5, 5.41) is 24.4. The lowest BCUT2D eigenvalue weighted by Crippen LogP contribution is -2.30. The van der Waals surface area contributed by atoms with E-state index in [1.54, 1.807) is 12.1 Å². The molecule has 3 aromatic rings. The molecule has 12 heteroatoms. The summed E-state index contributed by atoms with van der Waals surface area (Å²) < 4.78 is 8.82. The maximum absolute atomic E-state index is 12.5. The van der Waals surface area contributed by atoms with E-state index in [-0.39, 0.29) is 42.1 Å². The number of nitrogens with zero attached hydrogens (tertiary/aromatic N) is 4.